The van der Waals surface area contributed by atoms with E-state index in [2.05, 4.69) is 11.6 Å². The molecule has 1 heterocycles. The first kappa shape index (κ1) is 21.7. The molecule has 1 N–H and O–H groups in total. The van der Waals surface area contributed by atoms with E-state index in [-0.39, 0.29) is 18.3 Å². The van der Waals surface area contributed by atoms with Crippen molar-refractivity contribution in [1.29, 1.82) is 0 Å². The highest BCUT2D eigenvalue weighted by molar-refractivity contribution is 6.07. The number of anilines is 2. The molecule has 4 rings (SSSR count). The number of phenols is 1. The first-order chi connectivity index (χ1) is 16.1. The van der Waals surface area contributed by atoms with Crippen LogP contribution >= 0.6 is 0 Å². The Hall–Kier alpha value is -4.52. The molecule has 3 aromatic carbocycles. The lowest BCUT2D eigenvalue weighted by molar-refractivity contribution is -0.113. The molecule has 0 spiro atoms. The third kappa shape index (κ3) is 4.72. The Bertz CT molecular complexity index is 1250. The molecule has 0 aliphatic heterocycles. The van der Waals surface area contributed by atoms with Crippen molar-refractivity contribution in [3.8, 4) is 22.9 Å². The minimum Gasteiger partial charge on any atom is -0.504 e. The van der Waals surface area contributed by atoms with Gasteiger partial charge in [0.25, 0.3) is 5.91 Å². The fourth-order valence-corrected chi connectivity index (χ4v) is 3.43. The number of hydrogen-bond acceptors (Lipinski definition) is 5. The van der Waals surface area contributed by atoms with Crippen molar-refractivity contribution >= 4 is 17.3 Å². The van der Waals surface area contributed by atoms with Gasteiger partial charge >= 0.3 is 0 Å². The second-order valence-electron chi connectivity index (χ2n) is 7.12. The van der Waals surface area contributed by atoms with Crippen LogP contribution in [0.15, 0.2) is 98.1 Å². The minimum absolute atomic E-state index is 0.0661. The van der Waals surface area contributed by atoms with Crippen LogP contribution in [0.1, 0.15) is 5.56 Å². The number of amides is 1. The topological polar surface area (TPSA) is 76.8 Å². The lowest BCUT2D eigenvalue weighted by Crippen LogP contribution is -2.25. The van der Waals surface area contributed by atoms with Crippen LogP contribution < -0.4 is 14.4 Å². The predicted molar refractivity (Wildman–Crippen MR) is 126 cm³/mol. The molecule has 0 atom stereocenters. The molecule has 0 saturated heterocycles. The molecule has 7 nitrogen and oxygen atoms in total. The summed E-state index contributed by atoms with van der Waals surface area (Å²) >= 11 is 0. The normalized spacial score (nSPS) is 10.5. The van der Waals surface area contributed by atoms with Gasteiger partial charge in [0.15, 0.2) is 11.5 Å². The second-order valence-corrected chi connectivity index (χ2v) is 7.12. The number of carbonyl (C=O) groups is 1. The third-order valence-electron chi connectivity index (χ3n) is 5.08. The van der Waals surface area contributed by atoms with Gasteiger partial charge in [0.2, 0.25) is 0 Å². The van der Waals surface area contributed by atoms with Crippen LogP contribution in [0.5, 0.6) is 17.2 Å². The number of benzene rings is 3. The van der Waals surface area contributed by atoms with Gasteiger partial charge in [-0.25, -0.2) is 4.98 Å². The highest BCUT2D eigenvalue weighted by atomic mass is 16.5. The fourth-order valence-electron chi connectivity index (χ4n) is 3.43. The monoisotopic (exact) mass is 441 g/mol. The van der Waals surface area contributed by atoms with Gasteiger partial charge in [-0.2, -0.15) is 0 Å². The number of phenolic OH excluding ortho intramolecular Hbond substituents is 1. The van der Waals surface area contributed by atoms with Crippen LogP contribution in [0, 0.1) is 0 Å². The summed E-state index contributed by atoms with van der Waals surface area (Å²) in [6.07, 6.45) is 6.55. The summed E-state index contributed by atoms with van der Waals surface area (Å²) < 4.78 is 13.0. The summed E-state index contributed by atoms with van der Waals surface area (Å²) in [4.78, 5) is 18.3. The number of rotatable bonds is 8. The number of aromatic hydroxyl groups is 1. The lowest BCUT2D eigenvalue weighted by atomic mass is 10.1. The quantitative estimate of drug-likeness (QED) is 0.389. The van der Waals surface area contributed by atoms with Gasteiger partial charge in [-0.05, 0) is 48.5 Å². The van der Waals surface area contributed by atoms with Crippen LogP contribution in [0.2, 0.25) is 0 Å². The van der Waals surface area contributed by atoms with Crippen molar-refractivity contribution in [3.05, 3.63) is 104 Å². The number of methoxy groups -OCH3 is 1. The Morgan fingerprint density at radius 2 is 1.94 bits per heavy atom. The first-order valence-corrected chi connectivity index (χ1v) is 10.2. The number of carbonyl (C=O) groups excluding carboxylic acids is 1. The maximum absolute atomic E-state index is 12.8. The summed E-state index contributed by atoms with van der Waals surface area (Å²) in [7, 11) is 1.47. The SMILES string of the molecule is C=CC(=O)N(c1ccc(OC)c(O)c1)c1ccccc1COc1ccc(-n2ccnc2)cc1. The van der Waals surface area contributed by atoms with Crippen molar-refractivity contribution < 1.29 is 19.4 Å². The van der Waals surface area contributed by atoms with Crippen LogP contribution in [0.4, 0.5) is 11.4 Å². The number of ether oxygens (including phenoxy) is 2. The molecule has 1 amide bonds. The van der Waals surface area contributed by atoms with E-state index >= 15 is 0 Å². The van der Waals surface area contributed by atoms with Crippen molar-refractivity contribution in [3.63, 3.8) is 0 Å². The van der Waals surface area contributed by atoms with Crippen molar-refractivity contribution in [2.75, 3.05) is 12.0 Å². The Kier molecular flexibility index (Phi) is 6.40. The second kappa shape index (κ2) is 9.74. The fraction of sp³-hybridized carbons (Fsp3) is 0.0769. The molecule has 166 valence electrons. The van der Waals surface area contributed by atoms with Crippen LogP contribution in [-0.2, 0) is 11.4 Å². The first-order valence-electron chi connectivity index (χ1n) is 10.2. The molecule has 0 aliphatic rings. The highest BCUT2D eigenvalue weighted by Crippen LogP contribution is 2.35. The van der Waals surface area contributed by atoms with Gasteiger partial charge in [-0.15, -0.1) is 0 Å². The summed E-state index contributed by atoms with van der Waals surface area (Å²) in [6, 6.07) is 19.9. The summed E-state index contributed by atoms with van der Waals surface area (Å²) in [6.45, 7) is 3.86. The number of imidazole rings is 1. The standard InChI is InChI=1S/C26H23N3O4/c1-3-26(31)29(21-10-13-25(32-2)24(30)16-21)23-7-5-4-6-19(23)17-33-22-11-8-20(9-12-22)28-15-14-27-18-28/h3-16,18,30H,1,17H2,2H3. The van der Waals surface area contributed by atoms with Crippen LogP contribution in [-0.4, -0.2) is 27.7 Å². The number of hydrogen-bond donors (Lipinski definition) is 1. The molecule has 0 unspecified atom stereocenters. The smallest absolute Gasteiger partial charge is 0.254 e. The van der Waals surface area contributed by atoms with Gasteiger partial charge in [0, 0.05) is 29.7 Å². The largest absolute Gasteiger partial charge is 0.504 e. The zero-order valence-electron chi connectivity index (χ0n) is 18.1. The molecule has 1 aromatic heterocycles. The molecule has 7 heteroatoms. The maximum atomic E-state index is 12.8. The van der Waals surface area contributed by atoms with Crippen LogP contribution in [0.25, 0.3) is 5.69 Å². The van der Waals surface area contributed by atoms with Crippen molar-refractivity contribution in [1.82, 2.24) is 9.55 Å². The molecule has 0 saturated carbocycles. The van der Waals surface area contributed by atoms with E-state index in [9.17, 15) is 9.90 Å². The summed E-state index contributed by atoms with van der Waals surface area (Å²) in [5.74, 6) is 0.609. The Morgan fingerprint density at radius 3 is 2.61 bits per heavy atom. The Morgan fingerprint density at radius 1 is 1.15 bits per heavy atom. The molecular weight excluding hydrogens is 418 g/mol. The van der Waals surface area contributed by atoms with E-state index < -0.39 is 0 Å². The molecule has 0 aliphatic carbocycles. The van der Waals surface area contributed by atoms with E-state index in [1.54, 1.807) is 24.7 Å². The molecule has 4 aromatic rings. The molecule has 33 heavy (non-hydrogen) atoms. The summed E-state index contributed by atoms with van der Waals surface area (Å²) in [5.41, 5.74) is 2.88. The average Bonchev–Trinajstić information content (AvgIpc) is 3.39. The molecular formula is C26H23N3O4. The molecule has 0 fully saturated rings. The van der Waals surface area contributed by atoms with E-state index in [4.69, 9.17) is 9.47 Å². The van der Waals surface area contributed by atoms with Crippen molar-refractivity contribution in [2.45, 2.75) is 6.61 Å². The molecule has 0 radical (unpaired) electrons. The van der Waals surface area contributed by atoms with Gasteiger partial charge in [-0.3, -0.25) is 9.69 Å². The minimum atomic E-state index is -0.336. The lowest BCUT2D eigenvalue weighted by Gasteiger charge is -2.25. The van der Waals surface area contributed by atoms with Gasteiger partial charge in [-0.1, -0.05) is 24.8 Å². The average molecular weight is 441 g/mol. The zero-order valence-corrected chi connectivity index (χ0v) is 18.1. The number of para-hydroxylation sites is 1. The van der Waals surface area contributed by atoms with Crippen LogP contribution in [0.3, 0.4) is 0 Å². The predicted octanol–water partition coefficient (Wildman–Crippen LogP) is 5.02. The van der Waals surface area contributed by atoms with Gasteiger partial charge in [0.05, 0.1) is 24.8 Å². The highest BCUT2D eigenvalue weighted by Gasteiger charge is 2.20. The number of nitrogens with zero attached hydrogens (tertiary/aromatic N) is 3. The van der Waals surface area contributed by atoms with Gasteiger partial charge in [0.1, 0.15) is 12.4 Å². The third-order valence-corrected chi connectivity index (χ3v) is 5.08. The van der Waals surface area contributed by atoms with Gasteiger partial charge < -0.3 is 19.1 Å². The van der Waals surface area contributed by atoms with E-state index in [1.165, 1.54) is 24.2 Å². The Labute approximate surface area is 191 Å². The summed E-state index contributed by atoms with van der Waals surface area (Å²) in [5, 5.41) is 10.2. The zero-order chi connectivity index (χ0) is 23.2. The van der Waals surface area contributed by atoms with E-state index in [0.29, 0.717) is 22.9 Å². The Balaban J connectivity index is 1.60. The van der Waals surface area contributed by atoms with Crippen molar-refractivity contribution in [2.24, 2.45) is 0 Å². The maximum Gasteiger partial charge on any atom is 0.254 e. The van der Waals surface area contributed by atoms with E-state index in [1.807, 2.05) is 59.3 Å². The number of aromatic nitrogens is 2. The molecule has 0 bridgehead atoms. The van der Waals surface area contributed by atoms with E-state index in [0.717, 1.165) is 11.3 Å².